The Balaban J connectivity index is 2.03. The van der Waals surface area contributed by atoms with Gasteiger partial charge in [0.1, 0.15) is 5.69 Å². The molecule has 2 N–H and O–H groups in total. The zero-order valence-electron chi connectivity index (χ0n) is 12.1. The second-order valence-electron chi connectivity index (χ2n) is 5.85. The van der Waals surface area contributed by atoms with Crippen molar-refractivity contribution in [2.24, 2.45) is 5.92 Å². The molecule has 6 heteroatoms. The fourth-order valence-electron chi connectivity index (χ4n) is 2.87. The van der Waals surface area contributed by atoms with Crippen LogP contribution >= 0.6 is 15.9 Å². The second kappa shape index (κ2) is 6.75. The first-order valence-corrected chi connectivity index (χ1v) is 8.13. The Morgan fingerprint density at radius 3 is 2.71 bits per heavy atom. The SMILES string of the molecule is CCC1CCC(O)(CNc2cc(Br)ccc2[N+](=O)[O-])CC1. The minimum absolute atomic E-state index is 0.0315. The van der Waals surface area contributed by atoms with E-state index in [1.54, 1.807) is 12.1 Å². The summed E-state index contributed by atoms with van der Waals surface area (Å²) in [5, 5.41) is 24.7. The lowest BCUT2D eigenvalue weighted by Gasteiger charge is -2.36. The summed E-state index contributed by atoms with van der Waals surface area (Å²) >= 11 is 3.32. The van der Waals surface area contributed by atoms with Gasteiger partial charge in [-0.1, -0.05) is 29.3 Å². The third-order valence-electron chi connectivity index (χ3n) is 4.38. The minimum atomic E-state index is -0.762. The van der Waals surface area contributed by atoms with Gasteiger partial charge in [-0.15, -0.1) is 0 Å². The molecule has 0 radical (unpaired) electrons. The maximum Gasteiger partial charge on any atom is 0.292 e. The van der Waals surface area contributed by atoms with Crippen molar-refractivity contribution in [3.05, 3.63) is 32.8 Å². The molecular formula is C15H21BrN2O3. The summed E-state index contributed by atoms with van der Waals surface area (Å²) in [6, 6.07) is 4.79. The highest BCUT2D eigenvalue weighted by Crippen LogP contribution is 2.35. The van der Waals surface area contributed by atoms with Gasteiger partial charge in [0, 0.05) is 17.1 Å². The maximum atomic E-state index is 11.0. The molecule has 1 aromatic carbocycles. The molecule has 21 heavy (non-hydrogen) atoms. The number of nitrogens with zero attached hydrogens (tertiary/aromatic N) is 1. The van der Waals surface area contributed by atoms with E-state index in [0.717, 1.165) is 36.6 Å². The lowest BCUT2D eigenvalue weighted by molar-refractivity contribution is -0.384. The first-order chi connectivity index (χ1) is 9.93. The van der Waals surface area contributed by atoms with E-state index in [0.29, 0.717) is 18.2 Å². The molecule has 0 aromatic heterocycles. The third kappa shape index (κ3) is 4.17. The largest absolute Gasteiger partial charge is 0.388 e. The molecule has 0 atom stereocenters. The van der Waals surface area contributed by atoms with Crippen LogP contribution in [0.3, 0.4) is 0 Å². The smallest absolute Gasteiger partial charge is 0.292 e. The van der Waals surface area contributed by atoms with Crippen molar-refractivity contribution in [3.8, 4) is 0 Å². The quantitative estimate of drug-likeness (QED) is 0.615. The van der Waals surface area contributed by atoms with Gasteiger partial charge in [-0.3, -0.25) is 10.1 Å². The molecule has 1 aliphatic carbocycles. The molecule has 1 aliphatic rings. The zero-order chi connectivity index (χ0) is 15.5. The normalized spacial score (nSPS) is 25.6. The number of aliphatic hydroxyl groups is 1. The van der Waals surface area contributed by atoms with Crippen LogP contribution in [0.15, 0.2) is 22.7 Å². The van der Waals surface area contributed by atoms with Gasteiger partial charge < -0.3 is 10.4 Å². The number of nitro groups is 1. The first kappa shape index (κ1) is 16.2. The number of hydrogen-bond acceptors (Lipinski definition) is 4. The molecule has 0 bridgehead atoms. The van der Waals surface area contributed by atoms with E-state index in [-0.39, 0.29) is 5.69 Å². The van der Waals surface area contributed by atoms with E-state index in [1.807, 2.05) is 0 Å². The molecule has 0 unspecified atom stereocenters. The van der Waals surface area contributed by atoms with Crippen molar-refractivity contribution in [2.45, 2.75) is 44.6 Å². The lowest BCUT2D eigenvalue weighted by atomic mass is 9.78. The van der Waals surface area contributed by atoms with Crippen molar-refractivity contribution in [3.63, 3.8) is 0 Å². The molecule has 5 nitrogen and oxygen atoms in total. The number of rotatable bonds is 5. The number of anilines is 1. The molecule has 0 saturated heterocycles. The van der Waals surface area contributed by atoms with Gasteiger partial charge in [-0.05, 0) is 43.7 Å². The van der Waals surface area contributed by atoms with Crippen molar-refractivity contribution in [1.82, 2.24) is 0 Å². The number of nitro benzene ring substituents is 1. The Labute approximate surface area is 133 Å². The molecule has 1 aromatic rings. The van der Waals surface area contributed by atoms with Crippen LogP contribution in [-0.4, -0.2) is 22.2 Å². The zero-order valence-corrected chi connectivity index (χ0v) is 13.7. The Morgan fingerprint density at radius 2 is 2.14 bits per heavy atom. The predicted molar refractivity (Wildman–Crippen MR) is 86.5 cm³/mol. The molecule has 0 spiro atoms. The van der Waals surface area contributed by atoms with E-state index in [9.17, 15) is 15.2 Å². The Hall–Kier alpha value is -1.14. The first-order valence-electron chi connectivity index (χ1n) is 7.34. The summed E-state index contributed by atoms with van der Waals surface area (Å²) in [5.74, 6) is 0.700. The topological polar surface area (TPSA) is 75.4 Å². The van der Waals surface area contributed by atoms with Crippen LogP contribution in [0.5, 0.6) is 0 Å². The Morgan fingerprint density at radius 1 is 1.48 bits per heavy atom. The molecule has 0 aliphatic heterocycles. The second-order valence-corrected chi connectivity index (χ2v) is 6.76. The maximum absolute atomic E-state index is 11.0. The van der Waals surface area contributed by atoms with Crippen LogP contribution in [-0.2, 0) is 0 Å². The summed E-state index contributed by atoms with van der Waals surface area (Å²) < 4.78 is 0.775. The fraction of sp³-hybridized carbons (Fsp3) is 0.600. The Bertz CT molecular complexity index is 514. The molecule has 2 rings (SSSR count). The lowest BCUT2D eigenvalue weighted by Crippen LogP contribution is -2.40. The van der Waals surface area contributed by atoms with Crippen molar-refractivity contribution < 1.29 is 10.0 Å². The average Bonchev–Trinajstić information content (AvgIpc) is 2.46. The Kier molecular flexibility index (Phi) is 5.22. The van der Waals surface area contributed by atoms with Gasteiger partial charge in [0.2, 0.25) is 0 Å². The van der Waals surface area contributed by atoms with Gasteiger partial charge in [0.15, 0.2) is 0 Å². The molecule has 0 amide bonds. The standard InChI is InChI=1S/C15H21BrN2O3/c1-2-11-5-7-15(19,8-6-11)10-17-13-9-12(16)3-4-14(13)18(20)21/h3-4,9,11,17,19H,2,5-8,10H2,1H3. The van der Waals surface area contributed by atoms with Gasteiger partial charge in [-0.25, -0.2) is 0 Å². The monoisotopic (exact) mass is 356 g/mol. The summed E-state index contributed by atoms with van der Waals surface area (Å²) in [6.07, 6.45) is 4.70. The molecule has 1 saturated carbocycles. The van der Waals surface area contributed by atoms with Gasteiger partial charge in [0.25, 0.3) is 5.69 Å². The van der Waals surface area contributed by atoms with Crippen molar-refractivity contribution in [1.29, 1.82) is 0 Å². The predicted octanol–water partition coefficient (Wildman–Crippen LogP) is 4.10. The van der Waals surface area contributed by atoms with Crippen LogP contribution < -0.4 is 5.32 Å². The minimum Gasteiger partial charge on any atom is -0.388 e. The van der Waals surface area contributed by atoms with E-state index < -0.39 is 10.5 Å². The van der Waals surface area contributed by atoms with Gasteiger partial charge in [-0.2, -0.15) is 0 Å². The summed E-state index contributed by atoms with van der Waals surface area (Å²) in [7, 11) is 0. The van der Waals surface area contributed by atoms with Crippen LogP contribution in [0.1, 0.15) is 39.0 Å². The van der Waals surface area contributed by atoms with Crippen molar-refractivity contribution in [2.75, 3.05) is 11.9 Å². The number of nitrogens with one attached hydrogen (secondary N) is 1. The van der Waals surface area contributed by atoms with Crippen molar-refractivity contribution >= 4 is 27.3 Å². The fourth-order valence-corrected chi connectivity index (χ4v) is 3.23. The molecule has 116 valence electrons. The average molecular weight is 357 g/mol. The third-order valence-corrected chi connectivity index (χ3v) is 4.87. The highest BCUT2D eigenvalue weighted by Gasteiger charge is 2.32. The van der Waals surface area contributed by atoms with E-state index >= 15 is 0 Å². The van der Waals surface area contributed by atoms with Crippen LogP contribution in [0.2, 0.25) is 0 Å². The summed E-state index contributed by atoms with van der Waals surface area (Å²) in [6.45, 7) is 2.53. The van der Waals surface area contributed by atoms with Gasteiger partial charge >= 0.3 is 0 Å². The number of benzene rings is 1. The number of halogens is 1. The highest BCUT2D eigenvalue weighted by atomic mass is 79.9. The van der Waals surface area contributed by atoms with Crippen LogP contribution in [0, 0.1) is 16.0 Å². The van der Waals surface area contributed by atoms with Crippen LogP contribution in [0.25, 0.3) is 0 Å². The molecule has 0 heterocycles. The van der Waals surface area contributed by atoms with E-state index in [2.05, 4.69) is 28.2 Å². The van der Waals surface area contributed by atoms with Gasteiger partial charge in [0.05, 0.1) is 10.5 Å². The summed E-state index contributed by atoms with van der Waals surface area (Å²) in [5.41, 5.74) is -0.286. The molecular weight excluding hydrogens is 336 g/mol. The highest BCUT2D eigenvalue weighted by molar-refractivity contribution is 9.10. The number of hydrogen-bond donors (Lipinski definition) is 2. The van der Waals surface area contributed by atoms with Crippen LogP contribution in [0.4, 0.5) is 11.4 Å². The van der Waals surface area contributed by atoms with E-state index in [1.165, 1.54) is 6.07 Å². The molecule has 1 fully saturated rings. The van der Waals surface area contributed by atoms with E-state index in [4.69, 9.17) is 0 Å². The summed E-state index contributed by atoms with van der Waals surface area (Å²) in [4.78, 5) is 10.6.